The molecule has 36 valence electrons. The fourth-order valence-electron chi connectivity index (χ4n) is 0.342. The quantitative estimate of drug-likeness (QED) is 0.473. The molecule has 1 heterocycles. The first kappa shape index (κ1) is 4.24. The zero-order valence-corrected chi connectivity index (χ0v) is 3.63. The summed E-state index contributed by atoms with van der Waals surface area (Å²) < 4.78 is 11.8. The van der Waals surface area contributed by atoms with Gasteiger partial charge in [-0.15, -0.1) is 0 Å². The predicted molar refractivity (Wildman–Crippen MR) is 24.2 cm³/mol. The molecule has 0 aliphatic rings. The number of pyridine rings is 1. The topological polar surface area (TPSA) is 12.9 Å². The molecule has 0 atom stereocenters. The minimum atomic E-state index is -0.289. The van der Waals surface area contributed by atoms with Gasteiger partial charge in [-0.25, -0.2) is 4.39 Å². The molecule has 1 rings (SSSR count). The van der Waals surface area contributed by atoms with Crippen LogP contribution in [0, 0.1) is 5.82 Å². The molecule has 0 amide bonds. The summed E-state index contributed by atoms with van der Waals surface area (Å²) in [6.45, 7) is 0. The van der Waals surface area contributed by atoms with E-state index in [9.17, 15) is 4.39 Å². The molecule has 1 aromatic heterocycles. The predicted octanol–water partition coefficient (Wildman–Crippen LogP) is 1.22. The Kier molecular flexibility index (Phi) is 1.02. The van der Waals surface area contributed by atoms with Gasteiger partial charge in [0.15, 0.2) is 0 Å². The average molecular weight is 96.1 g/mol. The zero-order chi connectivity index (χ0) is 5.11. The second-order valence-electron chi connectivity index (χ2n) is 1.17. The van der Waals surface area contributed by atoms with E-state index in [4.69, 9.17) is 0 Å². The van der Waals surface area contributed by atoms with Crippen LogP contribution in [0.15, 0.2) is 24.5 Å². The van der Waals surface area contributed by atoms with Gasteiger partial charge in [0.2, 0.25) is 0 Å². The number of rotatable bonds is 0. The van der Waals surface area contributed by atoms with Crippen LogP contribution in [-0.4, -0.2) is 4.98 Å². The van der Waals surface area contributed by atoms with Crippen molar-refractivity contribution in [2.24, 2.45) is 0 Å². The van der Waals surface area contributed by atoms with E-state index in [1.165, 1.54) is 18.5 Å². The molecule has 0 aromatic carbocycles. The molecule has 0 fully saturated rings. The maximum Gasteiger partial charge on any atom is 0.141 e. The molecule has 0 saturated carbocycles. The Morgan fingerprint density at radius 3 is 2.71 bits per heavy atom. The third-order valence-electron chi connectivity index (χ3n) is 0.625. The maximum absolute atomic E-state index is 11.8. The number of aromatic nitrogens is 1. The van der Waals surface area contributed by atoms with Crippen molar-refractivity contribution in [1.29, 1.82) is 0 Å². The lowest BCUT2D eigenvalue weighted by Gasteiger charge is -1.78. The summed E-state index contributed by atoms with van der Waals surface area (Å²) in [6, 6.07) is 2.91. The van der Waals surface area contributed by atoms with Gasteiger partial charge in [-0.3, -0.25) is 4.98 Å². The SMILES string of the molecule is [18F]c1cccnc1. The van der Waals surface area contributed by atoms with Gasteiger partial charge >= 0.3 is 0 Å². The second kappa shape index (κ2) is 1.69. The highest BCUT2D eigenvalue weighted by Crippen LogP contribution is 1.87. The van der Waals surface area contributed by atoms with Crippen molar-refractivity contribution in [3.63, 3.8) is 0 Å². The Morgan fingerprint density at radius 1 is 1.57 bits per heavy atom. The van der Waals surface area contributed by atoms with Crippen LogP contribution in [0.3, 0.4) is 0 Å². The molecule has 0 aliphatic carbocycles. The molecular formula is C5H4FN. The molecule has 0 aliphatic heterocycles. The van der Waals surface area contributed by atoms with Gasteiger partial charge in [0, 0.05) is 6.20 Å². The molecule has 1 aromatic rings. The standard InChI is InChI=1S/C5H4FN/c6-5-2-1-3-7-4-5/h1-4H/i6-1. The minimum absolute atomic E-state index is 0.289. The highest BCUT2D eigenvalue weighted by Gasteiger charge is 1.78. The Balaban J connectivity index is 3.02. The van der Waals surface area contributed by atoms with Crippen molar-refractivity contribution in [3.8, 4) is 0 Å². The Hall–Kier alpha value is -0.920. The first-order valence-corrected chi connectivity index (χ1v) is 1.95. The molecule has 0 spiro atoms. The highest BCUT2D eigenvalue weighted by atomic mass is 18.2. The van der Waals surface area contributed by atoms with Crippen molar-refractivity contribution in [2.75, 3.05) is 0 Å². The van der Waals surface area contributed by atoms with Crippen LogP contribution in [0.2, 0.25) is 0 Å². The van der Waals surface area contributed by atoms with E-state index in [0.717, 1.165) is 0 Å². The van der Waals surface area contributed by atoms with Gasteiger partial charge in [-0.1, -0.05) is 0 Å². The molecule has 0 unspecified atom stereocenters. The molecule has 0 bridgehead atoms. The van der Waals surface area contributed by atoms with Gasteiger partial charge < -0.3 is 0 Å². The Morgan fingerprint density at radius 2 is 2.43 bits per heavy atom. The number of hydrogen-bond acceptors (Lipinski definition) is 1. The van der Waals surface area contributed by atoms with E-state index in [1.807, 2.05) is 0 Å². The highest BCUT2D eigenvalue weighted by molar-refractivity contribution is 4.92. The summed E-state index contributed by atoms with van der Waals surface area (Å²) >= 11 is 0. The molecule has 2 heteroatoms. The van der Waals surface area contributed by atoms with E-state index in [0.29, 0.717) is 0 Å². The molecule has 0 N–H and O–H groups in total. The largest absolute Gasteiger partial charge is 0.262 e. The van der Waals surface area contributed by atoms with E-state index in [2.05, 4.69) is 4.98 Å². The lowest BCUT2D eigenvalue weighted by molar-refractivity contribution is 0.621. The van der Waals surface area contributed by atoms with E-state index in [-0.39, 0.29) is 5.82 Å². The molecule has 7 heavy (non-hydrogen) atoms. The summed E-state index contributed by atoms with van der Waals surface area (Å²) in [4.78, 5) is 3.51. The van der Waals surface area contributed by atoms with E-state index >= 15 is 0 Å². The summed E-state index contributed by atoms with van der Waals surface area (Å²) in [7, 11) is 0. The van der Waals surface area contributed by atoms with Crippen LogP contribution in [0.1, 0.15) is 0 Å². The van der Waals surface area contributed by atoms with Gasteiger partial charge in [0.25, 0.3) is 0 Å². The van der Waals surface area contributed by atoms with Crippen LogP contribution in [0.25, 0.3) is 0 Å². The van der Waals surface area contributed by atoms with Crippen molar-refractivity contribution in [3.05, 3.63) is 30.3 Å². The lowest BCUT2D eigenvalue weighted by Crippen LogP contribution is -1.70. The first-order chi connectivity index (χ1) is 3.39. The van der Waals surface area contributed by atoms with Gasteiger partial charge in [0.05, 0.1) is 6.20 Å². The summed E-state index contributed by atoms with van der Waals surface area (Å²) in [5.41, 5.74) is 0. The normalized spacial score (nSPS) is 8.71. The third-order valence-corrected chi connectivity index (χ3v) is 0.625. The van der Waals surface area contributed by atoms with Gasteiger partial charge in [0.1, 0.15) is 5.82 Å². The fraction of sp³-hybridized carbons (Fsp3) is 0. The smallest absolute Gasteiger partial charge is 0.141 e. The number of halogens is 1. The van der Waals surface area contributed by atoms with E-state index < -0.39 is 0 Å². The summed E-state index contributed by atoms with van der Waals surface area (Å²) in [5.74, 6) is -0.289. The van der Waals surface area contributed by atoms with Crippen molar-refractivity contribution >= 4 is 0 Å². The maximum atomic E-state index is 11.8. The van der Waals surface area contributed by atoms with Crippen molar-refractivity contribution in [2.45, 2.75) is 0 Å². The van der Waals surface area contributed by atoms with Gasteiger partial charge in [-0.05, 0) is 12.1 Å². The molecule has 1 nitrogen and oxygen atoms in total. The van der Waals surface area contributed by atoms with Crippen molar-refractivity contribution in [1.82, 2.24) is 4.98 Å². The Bertz CT molecular complexity index is 138. The molecule has 0 saturated heterocycles. The third kappa shape index (κ3) is 0.961. The van der Waals surface area contributed by atoms with E-state index in [1.54, 1.807) is 6.07 Å². The summed E-state index contributed by atoms with van der Waals surface area (Å²) in [6.07, 6.45) is 2.70. The lowest BCUT2D eigenvalue weighted by atomic mass is 10.5. The molecule has 0 radical (unpaired) electrons. The molecular weight excluding hydrogens is 92.1 g/mol. The minimum Gasteiger partial charge on any atom is -0.262 e. The monoisotopic (exact) mass is 96.0 g/mol. The second-order valence-corrected chi connectivity index (χ2v) is 1.17. The van der Waals surface area contributed by atoms with Crippen molar-refractivity contribution < 1.29 is 4.39 Å². The summed E-state index contributed by atoms with van der Waals surface area (Å²) in [5, 5.41) is 0. The van der Waals surface area contributed by atoms with Crippen LogP contribution >= 0.6 is 0 Å². The van der Waals surface area contributed by atoms with Gasteiger partial charge in [-0.2, -0.15) is 0 Å². The average Bonchev–Trinajstić information content (AvgIpc) is 1.69. The van der Waals surface area contributed by atoms with Crippen LogP contribution in [0.5, 0.6) is 0 Å². The fourth-order valence-corrected chi connectivity index (χ4v) is 0.342. The number of hydrogen-bond donors (Lipinski definition) is 0. The van der Waals surface area contributed by atoms with Crippen LogP contribution < -0.4 is 0 Å². The zero-order valence-electron chi connectivity index (χ0n) is 3.63. The Labute approximate surface area is 40.8 Å². The van der Waals surface area contributed by atoms with Crippen LogP contribution in [-0.2, 0) is 0 Å². The van der Waals surface area contributed by atoms with Crippen LogP contribution in [0.4, 0.5) is 4.39 Å². The first-order valence-electron chi connectivity index (χ1n) is 1.95. The number of nitrogens with zero attached hydrogens (tertiary/aromatic N) is 1.